The molecule has 0 saturated carbocycles. The Morgan fingerprint density at radius 2 is 1.76 bits per heavy atom. The summed E-state index contributed by atoms with van der Waals surface area (Å²) in [5.41, 5.74) is 1.50. The molecule has 0 unspecified atom stereocenters. The van der Waals surface area contributed by atoms with E-state index in [1.54, 1.807) is 55.6 Å². The van der Waals surface area contributed by atoms with E-state index >= 15 is 0 Å². The Morgan fingerprint density at radius 3 is 2.48 bits per heavy atom. The van der Waals surface area contributed by atoms with E-state index in [9.17, 15) is 9.59 Å². The number of hydrogen-bond acceptors (Lipinski definition) is 3. The van der Waals surface area contributed by atoms with Gasteiger partial charge in [-0.25, -0.2) is 0 Å². The van der Waals surface area contributed by atoms with E-state index in [4.69, 9.17) is 4.74 Å². The fourth-order valence-electron chi connectivity index (χ4n) is 1.88. The number of ether oxygens (including phenoxy) is 1. The van der Waals surface area contributed by atoms with Crippen molar-refractivity contribution in [2.75, 3.05) is 17.7 Å². The first kappa shape index (κ1) is 14.6. The molecule has 0 fully saturated rings. The van der Waals surface area contributed by atoms with Gasteiger partial charge in [0.05, 0.1) is 18.4 Å². The number of benzene rings is 2. The zero-order valence-corrected chi connectivity index (χ0v) is 11.8. The molecule has 5 nitrogen and oxygen atoms in total. The lowest BCUT2D eigenvalue weighted by atomic mass is 10.1. The van der Waals surface area contributed by atoms with Gasteiger partial charge in [-0.15, -0.1) is 0 Å². The summed E-state index contributed by atoms with van der Waals surface area (Å²) in [5, 5.41) is 5.41. The maximum Gasteiger partial charge on any atom is 0.257 e. The van der Waals surface area contributed by atoms with Crippen molar-refractivity contribution in [3.8, 4) is 5.75 Å². The molecule has 2 aromatic carbocycles. The van der Waals surface area contributed by atoms with Crippen molar-refractivity contribution in [2.24, 2.45) is 0 Å². The van der Waals surface area contributed by atoms with Crippen molar-refractivity contribution in [1.29, 1.82) is 0 Å². The molecule has 0 saturated heterocycles. The van der Waals surface area contributed by atoms with Crippen LogP contribution in [0.5, 0.6) is 5.75 Å². The summed E-state index contributed by atoms with van der Waals surface area (Å²) in [5.74, 6) is 0.132. The summed E-state index contributed by atoms with van der Waals surface area (Å²) in [4.78, 5) is 23.5. The van der Waals surface area contributed by atoms with Gasteiger partial charge < -0.3 is 15.4 Å². The second-order valence-electron chi connectivity index (χ2n) is 4.41. The highest BCUT2D eigenvalue weighted by Crippen LogP contribution is 2.20. The van der Waals surface area contributed by atoms with Crippen LogP contribution in [0.4, 0.5) is 11.4 Å². The third-order valence-corrected chi connectivity index (χ3v) is 2.81. The maximum absolute atomic E-state index is 12.3. The lowest BCUT2D eigenvalue weighted by Crippen LogP contribution is -2.16. The van der Waals surface area contributed by atoms with Crippen molar-refractivity contribution in [2.45, 2.75) is 6.92 Å². The summed E-state index contributed by atoms with van der Waals surface area (Å²) in [6.45, 7) is 1.40. The zero-order chi connectivity index (χ0) is 15.2. The average Bonchev–Trinajstić information content (AvgIpc) is 2.47. The van der Waals surface area contributed by atoms with Crippen LogP contribution in [0.15, 0.2) is 48.5 Å². The zero-order valence-electron chi connectivity index (χ0n) is 11.8. The van der Waals surface area contributed by atoms with Gasteiger partial charge in [-0.2, -0.15) is 0 Å². The Kier molecular flexibility index (Phi) is 4.56. The predicted molar refractivity (Wildman–Crippen MR) is 81.7 cm³/mol. The molecule has 0 heterocycles. The van der Waals surface area contributed by atoms with Gasteiger partial charge in [-0.1, -0.05) is 18.2 Å². The van der Waals surface area contributed by atoms with Gasteiger partial charge in [-0.05, 0) is 24.3 Å². The molecule has 0 aliphatic carbocycles. The van der Waals surface area contributed by atoms with Crippen molar-refractivity contribution < 1.29 is 14.3 Å². The molecule has 0 radical (unpaired) electrons. The van der Waals surface area contributed by atoms with E-state index in [2.05, 4.69) is 10.6 Å². The smallest absolute Gasteiger partial charge is 0.257 e. The topological polar surface area (TPSA) is 67.4 Å². The summed E-state index contributed by atoms with van der Waals surface area (Å²) < 4.78 is 5.11. The number of para-hydroxylation sites is 1. The molecule has 2 N–H and O–H groups in total. The average molecular weight is 284 g/mol. The lowest BCUT2D eigenvalue weighted by Gasteiger charge is -2.11. The van der Waals surface area contributed by atoms with Crippen LogP contribution in [0, 0.1) is 0 Å². The van der Waals surface area contributed by atoms with E-state index in [-0.39, 0.29) is 11.8 Å². The Bertz CT molecular complexity index is 668. The lowest BCUT2D eigenvalue weighted by molar-refractivity contribution is -0.114. The van der Waals surface area contributed by atoms with Crippen LogP contribution in [-0.4, -0.2) is 18.9 Å². The first-order valence-electron chi connectivity index (χ1n) is 6.42. The third kappa shape index (κ3) is 3.82. The van der Waals surface area contributed by atoms with Crippen LogP contribution in [-0.2, 0) is 4.79 Å². The first-order chi connectivity index (χ1) is 10.1. The molecule has 2 amide bonds. The molecule has 0 aliphatic rings. The van der Waals surface area contributed by atoms with Crippen LogP contribution >= 0.6 is 0 Å². The molecule has 108 valence electrons. The van der Waals surface area contributed by atoms with Crippen molar-refractivity contribution >= 4 is 23.2 Å². The minimum Gasteiger partial charge on any atom is -0.497 e. The molecule has 21 heavy (non-hydrogen) atoms. The van der Waals surface area contributed by atoms with Crippen LogP contribution in [0.2, 0.25) is 0 Å². The fraction of sp³-hybridized carbons (Fsp3) is 0.125. The highest BCUT2D eigenvalue weighted by Gasteiger charge is 2.12. The Hall–Kier alpha value is -2.82. The van der Waals surface area contributed by atoms with Gasteiger partial charge in [0.25, 0.3) is 5.91 Å². The van der Waals surface area contributed by atoms with Crippen LogP contribution in [0.25, 0.3) is 0 Å². The van der Waals surface area contributed by atoms with Gasteiger partial charge in [0, 0.05) is 18.7 Å². The predicted octanol–water partition coefficient (Wildman–Crippen LogP) is 2.91. The number of methoxy groups -OCH3 is 1. The van der Waals surface area contributed by atoms with Crippen LogP contribution in [0.3, 0.4) is 0 Å². The molecule has 0 atom stereocenters. The second-order valence-corrected chi connectivity index (χ2v) is 4.41. The highest BCUT2D eigenvalue weighted by atomic mass is 16.5. The highest BCUT2D eigenvalue weighted by molar-refractivity contribution is 6.09. The minimum absolute atomic E-state index is 0.225. The minimum atomic E-state index is -0.299. The Balaban J connectivity index is 2.22. The summed E-state index contributed by atoms with van der Waals surface area (Å²) in [6.07, 6.45) is 0. The van der Waals surface area contributed by atoms with Gasteiger partial charge >= 0.3 is 0 Å². The Morgan fingerprint density at radius 1 is 1.00 bits per heavy atom. The van der Waals surface area contributed by atoms with E-state index in [1.807, 2.05) is 0 Å². The van der Waals surface area contributed by atoms with E-state index in [0.717, 1.165) is 0 Å². The molecule has 0 aromatic heterocycles. The normalized spacial score (nSPS) is 9.81. The molecule has 2 aromatic rings. The van der Waals surface area contributed by atoms with Gasteiger partial charge in [-0.3, -0.25) is 9.59 Å². The number of carbonyl (C=O) groups excluding carboxylic acids is 2. The number of rotatable bonds is 4. The maximum atomic E-state index is 12.3. The molecule has 0 spiro atoms. The molecular weight excluding hydrogens is 268 g/mol. The van der Waals surface area contributed by atoms with Crippen molar-refractivity contribution in [3.63, 3.8) is 0 Å². The number of hydrogen-bond donors (Lipinski definition) is 2. The number of carbonyl (C=O) groups is 2. The first-order valence-corrected chi connectivity index (χ1v) is 6.42. The SMILES string of the molecule is COc1cccc(NC(=O)c2ccccc2NC(C)=O)c1. The molecular formula is C16H16N2O3. The number of anilines is 2. The Labute approximate surface area is 122 Å². The van der Waals surface area contributed by atoms with E-state index < -0.39 is 0 Å². The number of amides is 2. The molecule has 0 bridgehead atoms. The van der Waals surface area contributed by atoms with Crippen LogP contribution < -0.4 is 15.4 Å². The fourth-order valence-corrected chi connectivity index (χ4v) is 1.88. The monoisotopic (exact) mass is 284 g/mol. The van der Waals surface area contributed by atoms with E-state index in [1.165, 1.54) is 6.92 Å². The molecule has 0 aliphatic heterocycles. The van der Waals surface area contributed by atoms with Gasteiger partial charge in [0.15, 0.2) is 0 Å². The summed E-state index contributed by atoms with van der Waals surface area (Å²) >= 11 is 0. The van der Waals surface area contributed by atoms with E-state index in [0.29, 0.717) is 22.7 Å². The second kappa shape index (κ2) is 6.56. The van der Waals surface area contributed by atoms with Crippen molar-refractivity contribution in [3.05, 3.63) is 54.1 Å². The third-order valence-electron chi connectivity index (χ3n) is 2.81. The van der Waals surface area contributed by atoms with Gasteiger partial charge in [0.1, 0.15) is 5.75 Å². The molecule has 2 rings (SSSR count). The van der Waals surface area contributed by atoms with Crippen LogP contribution in [0.1, 0.15) is 17.3 Å². The molecule has 5 heteroatoms. The van der Waals surface area contributed by atoms with Gasteiger partial charge in [0.2, 0.25) is 5.91 Å². The number of nitrogens with one attached hydrogen (secondary N) is 2. The van der Waals surface area contributed by atoms with Crippen molar-refractivity contribution in [1.82, 2.24) is 0 Å². The standard InChI is InChI=1S/C16H16N2O3/c1-11(19)17-15-9-4-3-8-14(15)16(20)18-12-6-5-7-13(10-12)21-2/h3-10H,1-2H3,(H,17,19)(H,18,20). The largest absolute Gasteiger partial charge is 0.497 e. The quantitative estimate of drug-likeness (QED) is 0.907. The summed E-state index contributed by atoms with van der Waals surface area (Å²) in [6, 6.07) is 13.9. The summed E-state index contributed by atoms with van der Waals surface area (Å²) in [7, 11) is 1.56.